The molecule has 1 radical (unpaired) electrons. The second kappa shape index (κ2) is 3.01. The van der Waals surface area contributed by atoms with Gasteiger partial charge in [0.1, 0.15) is 0 Å². The van der Waals surface area contributed by atoms with Crippen LogP contribution >= 0.6 is 0 Å². The number of nitrogens with zero attached hydrogens (tertiary/aromatic N) is 1. The lowest BCUT2D eigenvalue weighted by Gasteiger charge is -1.93. The van der Waals surface area contributed by atoms with Crippen LogP contribution in [0.4, 0.5) is 0 Å². The van der Waals surface area contributed by atoms with Gasteiger partial charge in [-0.1, -0.05) is 23.4 Å². The van der Waals surface area contributed by atoms with Crippen molar-refractivity contribution in [2.24, 2.45) is 5.16 Å². The summed E-state index contributed by atoms with van der Waals surface area (Å²) in [6, 6.07) is 8.54. The number of oxime groups is 1. The summed E-state index contributed by atoms with van der Waals surface area (Å²) in [7, 11) is 0. The highest BCUT2D eigenvalue weighted by atomic mass is 16.4. The van der Waals surface area contributed by atoms with Crippen molar-refractivity contribution >= 4 is 6.21 Å². The topological polar surface area (TPSA) is 32.6 Å². The number of benzene rings is 1. The van der Waals surface area contributed by atoms with E-state index in [0.717, 1.165) is 11.1 Å². The molecule has 0 spiro atoms. The van der Waals surface area contributed by atoms with Crippen LogP contribution in [0, 0.1) is 13.0 Å². The number of aryl methyl sites for hydroxylation is 1. The lowest BCUT2D eigenvalue weighted by atomic mass is 10.1. The van der Waals surface area contributed by atoms with Gasteiger partial charge in [0.15, 0.2) is 0 Å². The minimum atomic E-state index is 0.824. The molecule has 2 nitrogen and oxygen atoms in total. The van der Waals surface area contributed by atoms with Crippen molar-refractivity contribution in [3.8, 4) is 0 Å². The molecule has 0 atom stereocenters. The molecule has 0 amide bonds. The van der Waals surface area contributed by atoms with Gasteiger partial charge in [0.2, 0.25) is 0 Å². The molecule has 10 heavy (non-hydrogen) atoms. The molecule has 0 fully saturated rings. The zero-order valence-electron chi connectivity index (χ0n) is 5.70. The maximum absolute atomic E-state index is 8.19. The zero-order valence-corrected chi connectivity index (χ0v) is 5.70. The average molecular weight is 134 g/mol. The van der Waals surface area contributed by atoms with E-state index in [1.165, 1.54) is 6.21 Å². The Labute approximate surface area is 59.8 Å². The van der Waals surface area contributed by atoms with Gasteiger partial charge in [0.05, 0.1) is 6.21 Å². The number of hydrogen-bond acceptors (Lipinski definition) is 2. The number of rotatable bonds is 1. The summed E-state index contributed by atoms with van der Waals surface area (Å²) in [5, 5.41) is 11.1. The lowest BCUT2D eigenvalue weighted by Crippen LogP contribution is -1.84. The van der Waals surface area contributed by atoms with E-state index in [9.17, 15) is 0 Å². The zero-order chi connectivity index (χ0) is 7.40. The maximum atomic E-state index is 8.19. The lowest BCUT2D eigenvalue weighted by molar-refractivity contribution is 0.322. The molecule has 0 saturated heterocycles. The summed E-state index contributed by atoms with van der Waals surface area (Å²) in [6.07, 6.45) is 1.37. The minimum Gasteiger partial charge on any atom is -0.411 e. The fraction of sp³-hybridized carbons (Fsp3) is 0.125. The summed E-state index contributed by atoms with van der Waals surface area (Å²) in [5.41, 5.74) is 1.88. The molecule has 0 aromatic heterocycles. The molecule has 0 aliphatic heterocycles. The largest absolute Gasteiger partial charge is 0.411 e. The molecule has 0 bridgehead atoms. The van der Waals surface area contributed by atoms with Crippen LogP contribution in [0.15, 0.2) is 23.4 Å². The molecule has 1 aromatic carbocycles. The van der Waals surface area contributed by atoms with E-state index in [2.05, 4.69) is 11.2 Å². The second-order valence-corrected chi connectivity index (χ2v) is 2.01. The van der Waals surface area contributed by atoms with E-state index in [-0.39, 0.29) is 0 Å². The monoisotopic (exact) mass is 134 g/mol. The summed E-state index contributed by atoms with van der Waals surface area (Å²) < 4.78 is 0. The van der Waals surface area contributed by atoms with Crippen LogP contribution in [-0.2, 0) is 0 Å². The van der Waals surface area contributed by atoms with Gasteiger partial charge < -0.3 is 5.21 Å². The summed E-state index contributed by atoms with van der Waals surface area (Å²) in [4.78, 5) is 0. The van der Waals surface area contributed by atoms with E-state index in [0.29, 0.717) is 0 Å². The first-order valence-corrected chi connectivity index (χ1v) is 2.99. The average Bonchev–Trinajstić information content (AvgIpc) is 1.94. The van der Waals surface area contributed by atoms with E-state index in [1.54, 1.807) is 6.07 Å². The van der Waals surface area contributed by atoms with Crippen molar-refractivity contribution in [3.63, 3.8) is 0 Å². The van der Waals surface area contributed by atoms with Crippen LogP contribution in [0.1, 0.15) is 11.1 Å². The highest BCUT2D eigenvalue weighted by molar-refractivity contribution is 5.80. The van der Waals surface area contributed by atoms with Gasteiger partial charge in [-0.15, -0.1) is 0 Å². The quantitative estimate of drug-likeness (QED) is 0.353. The fourth-order valence-corrected chi connectivity index (χ4v) is 0.731. The van der Waals surface area contributed by atoms with Crippen molar-refractivity contribution in [2.45, 2.75) is 6.92 Å². The third kappa shape index (κ3) is 1.35. The predicted molar refractivity (Wildman–Crippen MR) is 39.4 cm³/mol. The fourth-order valence-electron chi connectivity index (χ4n) is 0.731. The highest BCUT2D eigenvalue weighted by Crippen LogP contribution is 2.01. The van der Waals surface area contributed by atoms with Crippen LogP contribution in [-0.4, -0.2) is 11.4 Å². The molecule has 1 rings (SSSR count). The SMILES string of the molecule is Cc1ccc[c]c1/C=N\O. The van der Waals surface area contributed by atoms with E-state index >= 15 is 0 Å². The van der Waals surface area contributed by atoms with Crippen molar-refractivity contribution in [1.82, 2.24) is 0 Å². The van der Waals surface area contributed by atoms with Crippen LogP contribution in [0.25, 0.3) is 0 Å². The molecule has 2 heteroatoms. The van der Waals surface area contributed by atoms with Gasteiger partial charge in [-0.3, -0.25) is 0 Å². The Morgan fingerprint density at radius 2 is 2.50 bits per heavy atom. The highest BCUT2D eigenvalue weighted by Gasteiger charge is 1.90. The molecule has 51 valence electrons. The Morgan fingerprint density at radius 1 is 1.70 bits per heavy atom. The van der Waals surface area contributed by atoms with Crippen LogP contribution in [0.5, 0.6) is 0 Å². The molecule has 0 saturated carbocycles. The maximum Gasteiger partial charge on any atom is 0.0742 e. The van der Waals surface area contributed by atoms with Crippen molar-refractivity contribution in [3.05, 3.63) is 35.4 Å². The van der Waals surface area contributed by atoms with Gasteiger partial charge in [0.25, 0.3) is 0 Å². The molecular formula is C8H8NO. The summed E-state index contributed by atoms with van der Waals surface area (Å²) >= 11 is 0. The molecule has 1 N–H and O–H groups in total. The first kappa shape index (κ1) is 6.81. The predicted octanol–water partition coefficient (Wildman–Crippen LogP) is 1.60. The summed E-state index contributed by atoms with van der Waals surface area (Å²) in [6.45, 7) is 1.94. The van der Waals surface area contributed by atoms with Crippen LogP contribution < -0.4 is 0 Å². The van der Waals surface area contributed by atoms with E-state index in [4.69, 9.17) is 5.21 Å². The van der Waals surface area contributed by atoms with E-state index in [1.807, 2.05) is 19.1 Å². The third-order valence-electron chi connectivity index (χ3n) is 1.29. The Balaban J connectivity index is 3.03. The molecular weight excluding hydrogens is 126 g/mol. The van der Waals surface area contributed by atoms with Crippen molar-refractivity contribution in [1.29, 1.82) is 0 Å². The molecule has 0 heterocycles. The number of hydrogen-bond donors (Lipinski definition) is 1. The van der Waals surface area contributed by atoms with Crippen molar-refractivity contribution < 1.29 is 5.21 Å². The molecule has 0 unspecified atom stereocenters. The molecule has 0 aliphatic rings. The van der Waals surface area contributed by atoms with E-state index < -0.39 is 0 Å². The minimum absolute atomic E-state index is 0.824. The van der Waals surface area contributed by atoms with Gasteiger partial charge in [0, 0.05) is 5.56 Å². The van der Waals surface area contributed by atoms with Crippen LogP contribution in [0.3, 0.4) is 0 Å². The first-order chi connectivity index (χ1) is 4.84. The van der Waals surface area contributed by atoms with Gasteiger partial charge >= 0.3 is 0 Å². The normalized spacial score (nSPS) is 10.5. The Hall–Kier alpha value is -1.31. The second-order valence-electron chi connectivity index (χ2n) is 2.01. The Bertz CT molecular complexity index is 243. The van der Waals surface area contributed by atoms with Gasteiger partial charge in [-0.05, 0) is 18.6 Å². The standard InChI is InChI=1S/C8H8NO/c1-7-4-2-3-5-8(7)6-9-10/h2-4,6,10H,1H3/b9-6-. The summed E-state index contributed by atoms with van der Waals surface area (Å²) in [5.74, 6) is 0. The van der Waals surface area contributed by atoms with Crippen molar-refractivity contribution in [2.75, 3.05) is 0 Å². The Morgan fingerprint density at radius 3 is 3.10 bits per heavy atom. The smallest absolute Gasteiger partial charge is 0.0742 e. The molecule has 1 aromatic rings. The third-order valence-corrected chi connectivity index (χ3v) is 1.29. The van der Waals surface area contributed by atoms with Crippen LogP contribution in [0.2, 0.25) is 0 Å². The first-order valence-electron chi connectivity index (χ1n) is 2.99. The molecule has 0 aliphatic carbocycles. The Kier molecular flexibility index (Phi) is 2.05. The van der Waals surface area contributed by atoms with Gasteiger partial charge in [-0.25, -0.2) is 0 Å². The van der Waals surface area contributed by atoms with Gasteiger partial charge in [-0.2, -0.15) is 0 Å².